The fourth-order valence-corrected chi connectivity index (χ4v) is 2.30. The first-order chi connectivity index (χ1) is 11.3. The van der Waals surface area contributed by atoms with Crippen molar-refractivity contribution in [1.29, 1.82) is 0 Å². The Balaban J connectivity index is 2.10. The van der Waals surface area contributed by atoms with Gasteiger partial charge in [-0.3, -0.25) is 14.9 Å². The standard InChI is InChI=1S/C16H11Cl2NO5/c1-9-11(3-2-4-14(9)19(22)23)16(21)24-8-15(20)10-5-6-12(17)13(18)7-10/h2-7H,8H2,1H3. The van der Waals surface area contributed by atoms with Crippen LogP contribution in [0, 0.1) is 17.0 Å². The molecular weight excluding hydrogens is 357 g/mol. The summed E-state index contributed by atoms with van der Waals surface area (Å²) in [7, 11) is 0. The summed E-state index contributed by atoms with van der Waals surface area (Å²) in [5.41, 5.74) is 0.258. The fourth-order valence-electron chi connectivity index (χ4n) is 2.00. The van der Waals surface area contributed by atoms with Gasteiger partial charge < -0.3 is 4.74 Å². The Bertz CT molecular complexity index is 835. The molecule has 0 heterocycles. The molecule has 6 nitrogen and oxygen atoms in total. The lowest BCUT2D eigenvalue weighted by molar-refractivity contribution is -0.385. The first-order valence-electron chi connectivity index (χ1n) is 6.70. The van der Waals surface area contributed by atoms with Crippen LogP contribution in [0.1, 0.15) is 26.3 Å². The van der Waals surface area contributed by atoms with Gasteiger partial charge in [-0.2, -0.15) is 0 Å². The van der Waals surface area contributed by atoms with E-state index in [4.69, 9.17) is 27.9 Å². The van der Waals surface area contributed by atoms with Crippen molar-refractivity contribution >= 4 is 40.6 Å². The van der Waals surface area contributed by atoms with Gasteiger partial charge in [-0.15, -0.1) is 0 Å². The van der Waals surface area contributed by atoms with Crippen LogP contribution in [0.5, 0.6) is 0 Å². The summed E-state index contributed by atoms with van der Waals surface area (Å²) in [4.78, 5) is 34.4. The van der Waals surface area contributed by atoms with E-state index in [1.807, 2.05) is 0 Å². The van der Waals surface area contributed by atoms with E-state index in [1.165, 1.54) is 43.3 Å². The molecule has 2 rings (SSSR count). The Morgan fingerprint density at radius 3 is 2.50 bits per heavy atom. The van der Waals surface area contributed by atoms with Crippen LogP contribution in [0.3, 0.4) is 0 Å². The van der Waals surface area contributed by atoms with Crippen molar-refractivity contribution < 1.29 is 19.2 Å². The molecule has 2 aromatic rings. The van der Waals surface area contributed by atoms with Crippen molar-refractivity contribution in [1.82, 2.24) is 0 Å². The molecule has 24 heavy (non-hydrogen) atoms. The second-order valence-corrected chi connectivity index (χ2v) is 5.65. The molecule has 0 atom stereocenters. The number of benzene rings is 2. The third kappa shape index (κ3) is 3.90. The first-order valence-corrected chi connectivity index (χ1v) is 7.46. The summed E-state index contributed by atoms with van der Waals surface area (Å²) >= 11 is 11.6. The van der Waals surface area contributed by atoms with Gasteiger partial charge in [-0.1, -0.05) is 29.3 Å². The van der Waals surface area contributed by atoms with Gasteiger partial charge in [-0.05, 0) is 31.2 Å². The van der Waals surface area contributed by atoms with Crippen molar-refractivity contribution in [2.45, 2.75) is 6.92 Å². The third-order valence-corrected chi connectivity index (χ3v) is 4.04. The van der Waals surface area contributed by atoms with Crippen LogP contribution in [0.25, 0.3) is 0 Å². The van der Waals surface area contributed by atoms with E-state index in [0.717, 1.165) is 0 Å². The van der Waals surface area contributed by atoms with E-state index in [2.05, 4.69) is 0 Å². The molecule has 0 unspecified atom stereocenters. The minimum atomic E-state index is -0.815. The number of hydrogen-bond donors (Lipinski definition) is 0. The Morgan fingerprint density at radius 1 is 1.17 bits per heavy atom. The van der Waals surface area contributed by atoms with Crippen LogP contribution >= 0.6 is 23.2 Å². The Kier molecular flexibility index (Phi) is 5.54. The van der Waals surface area contributed by atoms with Crippen LogP contribution in [0.15, 0.2) is 36.4 Å². The molecule has 0 N–H and O–H groups in total. The highest BCUT2D eigenvalue weighted by Gasteiger charge is 2.20. The molecule has 0 amide bonds. The lowest BCUT2D eigenvalue weighted by Crippen LogP contribution is -2.15. The fraction of sp³-hybridized carbons (Fsp3) is 0.125. The van der Waals surface area contributed by atoms with E-state index >= 15 is 0 Å². The van der Waals surface area contributed by atoms with Gasteiger partial charge in [0.2, 0.25) is 0 Å². The van der Waals surface area contributed by atoms with Crippen molar-refractivity contribution in [2.24, 2.45) is 0 Å². The molecule has 0 spiro atoms. The normalized spacial score (nSPS) is 10.3. The van der Waals surface area contributed by atoms with Gasteiger partial charge in [0, 0.05) is 17.2 Å². The van der Waals surface area contributed by atoms with E-state index in [0.29, 0.717) is 5.02 Å². The lowest BCUT2D eigenvalue weighted by atomic mass is 10.1. The molecule has 0 saturated carbocycles. The largest absolute Gasteiger partial charge is 0.454 e. The minimum Gasteiger partial charge on any atom is -0.454 e. The predicted molar refractivity (Wildman–Crippen MR) is 88.9 cm³/mol. The molecule has 0 fully saturated rings. The second kappa shape index (κ2) is 7.42. The number of halogens is 2. The number of nitrogens with zero attached hydrogens (tertiary/aromatic N) is 1. The monoisotopic (exact) mass is 367 g/mol. The average Bonchev–Trinajstić information content (AvgIpc) is 2.54. The topological polar surface area (TPSA) is 86.5 Å². The highest BCUT2D eigenvalue weighted by Crippen LogP contribution is 2.23. The third-order valence-electron chi connectivity index (χ3n) is 3.30. The number of ether oxygens (including phenoxy) is 1. The van der Waals surface area contributed by atoms with Gasteiger partial charge >= 0.3 is 5.97 Å². The second-order valence-electron chi connectivity index (χ2n) is 4.84. The van der Waals surface area contributed by atoms with Gasteiger partial charge in [-0.25, -0.2) is 4.79 Å². The van der Waals surface area contributed by atoms with Crippen LogP contribution in [-0.4, -0.2) is 23.3 Å². The minimum absolute atomic E-state index is 0.0335. The van der Waals surface area contributed by atoms with Crippen molar-refractivity contribution in [3.63, 3.8) is 0 Å². The smallest absolute Gasteiger partial charge is 0.339 e. The summed E-state index contributed by atoms with van der Waals surface area (Å²) in [6.45, 7) is 0.925. The lowest BCUT2D eigenvalue weighted by Gasteiger charge is -2.07. The zero-order chi connectivity index (χ0) is 17.9. The van der Waals surface area contributed by atoms with Crippen molar-refractivity contribution in [2.75, 3.05) is 6.61 Å². The van der Waals surface area contributed by atoms with Crippen LogP contribution in [0.2, 0.25) is 10.0 Å². The molecule has 2 aromatic carbocycles. The maximum atomic E-state index is 12.1. The molecule has 0 radical (unpaired) electrons. The average molecular weight is 368 g/mol. The number of carbonyl (C=O) groups excluding carboxylic acids is 2. The first kappa shape index (κ1) is 17.9. The quantitative estimate of drug-likeness (QED) is 0.341. The predicted octanol–water partition coefficient (Wildman–Crippen LogP) is 4.25. The van der Waals surface area contributed by atoms with Crippen LogP contribution in [-0.2, 0) is 4.74 Å². The molecule has 0 aromatic heterocycles. The number of ketones is 1. The number of esters is 1. The molecule has 0 aliphatic heterocycles. The zero-order valence-electron chi connectivity index (χ0n) is 12.4. The molecule has 0 saturated heterocycles. The van der Waals surface area contributed by atoms with E-state index in [-0.39, 0.29) is 27.4 Å². The van der Waals surface area contributed by atoms with Crippen molar-refractivity contribution in [3.05, 3.63) is 73.2 Å². The highest BCUT2D eigenvalue weighted by atomic mass is 35.5. The molecular formula is C16H11Cl2NO5. The van der Waals surface area contributed by atoms with E-state index in [9.17, 15) is 19.7 Å². The molecule has 0 aliphatic carbocycles. The van der Waals surface area contributed by atoms with E-state index < -0.39 is 23.3 Å². The Morgan fingerprint density at radius 2 is 1.88 bits per heavy atom. The van der Waals surface area contributed by atoms with Crippen molar-refractivity contribution in [3.8, 4) is 0 Å². The molecule has 0 bridgehead atoms. The molecule has 8 heteroatoms. The number of carbonyl (C=O) groups is 2. The summed E-state index contributed by atoms with van der Waals surface area (Å²) < 4.78 is 4.94. The van der Waals surface area contributed by atoms with Gasteiger partial charge in [0.1, 0.15) is 0 Å². The van der Waals surface area contributed by atoms with Crippen LogP contribution in [0.4, 0.5) is 5.69 Å². The van der Waals surface area contributed by atoms with E-state index in [1.54, 1.807) is 0 Å². The number of nitro benzene ring substituents is 1. The number of nitro groups is 1. The maximum Gasteiger partial charge on any atom is 0.339 e. The number of Topliss-reactive ketones (excluding diaryl/α,β-unsaturated/α-hetero) is 1. The molecule has 0 aliphatic rings. The summed E-state index contributed by atoms with van der Waals surface area (Å²) in [5, 5.41) is 11.4. The Labute approximate surface area is 147 Å². The molecule has 124 valence electrons. The van der Waals surface area contributed by atoms with Gasteiger partial charge in [0.25, 0.3) is 5.69 Å². The maximum absolute atomic E-state index is 12.1. The summed E-state index contributed by atoms with van der Waals surface area (Å²) in [6, 6.07) is 8.36. The highest BCUT2D eigenvalue weighted by molar-refractivity contribution is 6.42. The number of hydrogen-bond acceptors (Lipinski definition) is 5. The SMILES string of the molecule is Cc1c(C(=O)OCC(=O)c2ccc(Cl)c(Cl)c2)cccc1[N+](=O)[O-]. The summed E-state index contributed by atoms with van der Waals surface area (Å²) in [5.74, 6) is -1.28. The van der Waals surface area contributed by atoms with Gasteiger partial charge in [0.15, 0.2) is 12.4 Å². The summed E-state index contributed by atoms with van der Waals surface area (Å²) in [6.07, 6.45) is 0. The zero-order valence-corrected chi connectivity index (χ0v) is 13.9. The number of rotatable bonds is 5. The van der Waals surface area contributed by atoms with Crippen LogP contribution < -0.4 is 0 Å². The Hall–Kier alpha value is -2.44. The van der Waals surface area contributed by atoms with Gasteiger partial charge in [0.05, 0.1) is 20.5 Å².